The predicted molar refractivity (Wildman–Crippen MR) is 103 cm³/mol. The van der Waals surface area contributed by atoms with Crippen LogP contribution in [-0.4, -0.2) is 41.0 Å². The summed E-state index contributed by atoms with van der Waals surface area (Å²) in [4.78, 5) is 33.8. The zero-order chi connectivity index (χ0) is 19.4. The van der Waals surface area contributed by atoms with Crippen molar-refractivity contribution >= 4 is 32.7 Å². The molecule has 0 spiro atoms. The Kier molecular flexibility index (Phi) is 5.98. The summed E-state index contributed by atoms with van der Waals surface area (Å²) in [7, 11) is 1.52. The third kappa shape index (κ3) is 4.40. The van der Waals surface area contributed by atoms with Crippen LogP contribution in [0.1, 0.15) is 16.2 Å². The molecule has 8 heteroatoms. The van der Waals surface area contributed by atoms with Crippen molar-refractivity contribution in [1.82, 2.24) is 14.9 Å². The van der Waals surface area contributed by atoms with Gasteiger partial charge in [0.1, 0.15) is 11.6 Å². The van der Waals surface area contributed by atoms with Crippen molar-refractivity contribution in [3.8, 4) is 0 Å². The van der Waals surface area contributed by atoms with Crippen LogP contribution in [0.25, 0.3) is 10.9 Å². The molecule has 1 aromatic heterocycles. The van der Waals surface area contributed by atoms with Crippen molar-refractivity contribution in [3.63, 3.8) is 0 Å². The lowest BCUT2D eigenvalue weighted by Crippen LogP contribution is -2.35. The first-order valence-electron chi connectivity index (χ1n) is 8.21. The number of ether oxygens (including phenoxy) is 1. The lowest BCUT2D eigenvalue weighted by Gasteiger charge is -2.22. The van der Waals surface area contributed by atoms with Gasteiger partial charge in [-0.3, -0.25) is 9.59 Å². The van der Waals surface area contributed by atoms with E-state index in [-0.39, 0.29) is 30.8 Å². The van der Waals surface area contributed by atoms with Crippen molar-refractivity contribution in [2.45, 2.75) is 6.54 Å². The number of fused-ring (bicyclic) bond motifs is 1. The molecule has 3 aromatic rings. The molecule has 0 fully saturated rings. The van der Waals surface area contributed by atoms with E-state index in [1.807, 2.05) is 0 Å². The van der Waals surface area contributed by atoms with Crippen LogP contribution in [0.4, 0.5) is 4.39 Å². The molecule has 0 aliphatic carbocycles. The quantitative estimate of drug-likeness (QED) is 0.647. The highest BCUT2D eigenvalue weighted by Crippen LogP contribution is 2.20. The summed E-state index contributed by atoms with van der Waals surface area (Å²) in [6.45, 7) is 0.608. The van der Waals surface area contributed by atoms with Crippen LogP contribution in [0, 0.1) is 5.82 Å². The molecule has 6 nitrogen and oxygen atoms in total. The number of hydrogen-bond acceptors (Lipinski definition) is 4. The molecule has 27 heavy (non-hydrogen) atoms. The summed E-state index contributed by atoms with van der Waals surface area (Å²) in [5.74, 6) is -0.560. The Morgan fingerprint density at radius 2 is 2.07 bits per heavy atom. The summed E-state index contributed by atoms with van der Waals surface area (Å²) in [5.41, 5.74) is 0.457. The first kappa shape index (κ1) is 19.2. The molecule has 0 saturated carbocycles. The molecule has 1 N–H and O–H groups in total. The zero-order valence-corrected chi connectivity index (χ0v) is 16.1. The third-order valence-corrected chi connectivity index (χ3v) is 4.71. The van der Waals surface area contributed by atoms with Crippen molar-refractivity contribution in [2.75, 3.05) is 20.3 Å². The highest BCUT2D eigenvalue weighted by Gasteiger charge is 2.20. The van der Waals surface area contributed by atoms with E-state index in [2.05, 4.69) is 25.9 Å². The number of H-pyrrole nitrogens is 1. The van der Waals surface area contributed by atoms with Crippen molar-refractivity contribution in [2.24, 2.45) is 0 Å². The number of amides is 1. The average Bonchev–Trinajstić information content (AvgIpc) is 2.66. The van der Waals surface area contributed by atoms with Gasteiger partial charge >= 0.3 is 0 Å². The van der Waals surface area contributed by atoms with E-state index < -0.39 is 11.7 Å². The van der Waals surface area contributed by atoms with Gasteiger partial charge in [-0.25, -0.2) is 9.37 Å². The van der Waals surface area contributed by atoms with E-state index in [9.17, 15) is 14.0 Å². The number of hydrogen-bond donors (Lipinski definition) is 1. The van der Waals surface area contributed by atoms with E-state index in [0.717, 1.165) is 0 Å². The number of halogens is 2. The molecule has 140 valence electrons. The lowest BCUT2D eigenvalue weighted by molar-refractivity contribution is 0.0674. The van der Waals surface area contributed by atoms with Gasteiger partial charge < -0.3 is 14.6 Å². The van der Waals surface area contributed by atoms with Gasteiger partial charge in [-0.15, -0.1) is 0 Å². The van der Waals surface area contributed by atoms with E-state index in [0.29, 0.717) is 21.2 Å². The van der Waals surface area contributed by atoms with Gasteiger partial charge in [0, 0.05) is 18.1 Å². The number of carbonyl (C=O) groups excluding carboxylic acids is 1. The van der Waals surface area contributed by atoms with Crippen molar-refractivity contribution in [3.05, 3.63) is 74.5 Å². The Morgan fingerprint density at radius 3 is 2.85 bits per heavy atom. The summed E-state index contributed by atoms with van der Waals surface area (Å²) >= 11 is 3.28. The predicted octanol–water partition coefficient (Wildman–Crippen LogP) is 3.11. The fourth-order valence-corrected chi connectivity index (χ4v) is 3.09. The first-order chi connectivity index (χ1) is 13.0. The maximum absolute atomic E-state index is 13.6. The Morgan fingerprint density at radius 1 is 1.30 bits per heavy atom. The second kappa shape index (κ2) is 8.41. The van der Waals surface area contributed by atoms with Crippen molar-refractivity contribution in [1.29, 1.82) is 0 Å². The number of nitrogens with one attached hydrogen (secondary N) is 1. The second-order valence-electron chi connectivity index (χ2n) is 5.87. The van der Waals surface area contributed by atoms with Gasteiger partial charge in [-0.2, -0.15) is 0 Å². The SMILES string of the molecule is COCCN(Cc1nc2ccccc2c(=O)[nH]1)C(=O)c1cc(F)ccc1Br. The van der Waals surface area contributed by atoms with Gasteiger partial charge in [-0.05, 0) is 46.3 Å². The zero-order valence-electron chi connectivity index (χ0n) is 14.5. The van der Waals surface area contributed by atoms with Gasteiger partial charge in [0.25, 0.3) is 11.5 Å². The minimum Gasteiger partial charge on any atom is -0.383 e. The molecule has 0 saturated heterocycles. The number of aromatic nitrogens is 2. The normalized spacial score (nSPS) is 10.9. The van der Waals surface area contributed by atoms with Gasteiger partial charge in [-0.1, -0.05) is 12.1 Å². The molecule has 0 unspecified atom stereocenters. The number of para-hydroxylation sites is 1. The Labute approximate surface area is 163 Å². The summed E-state index contributed by atoms with van der Waals surface area (Å²) < 4.78 is 19.2. The molecule has 1 heterocycles. The van der Waals surface area contributed by atoms with Gasteiger partial charge in [0.2, 0.25) is 0 Å². The second-order valence-corrected chi connectivity index (χ2v) is 6.73. The molecule has 0 aliphatic heterocycles. The molecule has 0 aliphatic rings. The van der Waals surface area contributed by atoms with Crippen LogP contribution in [0.2, 0.25) is 0 Å². The van der Waals surface area contributed by atoms with Crippen LogP contribution < -0.4 is 5.56 Å². The number of benzene rings is 2. The first-order valence-corrected chi connectivity index (χ1v) is 9.00. The standard InChI is InChI=1S/C19H17BrFN3O3/c1-27-9-8-24(19(26)14-10-12(21)6-7-15(14)20)11-17-22-16-5-3-2-4-13(16)18(25)23-17/h2-7,10H,8-9,11H2,1H3,(H,22,23,25). The van der Waals surface area contributed by atoms with Crippen LogP contribution >= 0.6 is 15.9 Å². The topological polar surface area (TPSA) is 75.3 Å². The Balaban J connectivity index is 1.94. The smallest absolute Gasteiger partial charge is 0.258 e. The van der Waals surface area contributed by atoms with E-state index >= 15 is 0 Å². The fraction of sp³-hybridized carbons (Fsp3) is 0.211. The van der Waals surface area contributed by atoms with Crippen molar-refractivity contribution < 1.29 is 13.9 Å². The number of nitrogens with zero attached hydrogens (tertiary/aromatic N) is 2. The molecular formula is C19H17BrFN3O3. The minimum absolute atomic E-state index is 0.0607. The lowest BCUT2D eigenvalue weighted by atomic mass is 10.2. The van der Waals surface area contributed by atoms with Crippen LogP contribution in [0.15, 0.2) is 51.7 Å². The number of rotatable bonds is 6. The van der Waals surface area contributed by atoms with Crippen LogP contribution in [0.3, 0.4) is 0 Å². The molecule has 1 amide bonds. The monoisotopic (exact) mass is 433 g/mol. The number of methoxy groups -OCH3 is 1. The van der Waals surface area contributed by atoms with E-state index in [1.54, 1.807) is 24.3 Å². The van der Waals surface area contributed by atoms with Gasteiger partial charge in [0.05, 0.1) is 29.6 Å². The summed E-state index contributed by atoms with van der Waals surface area (Å²) in [6.07, 6.45) is 0. The minimum atomic E-state index is -0.509. The van der Waals surface area contributed by atoms with Gasteiger partial charge in [0.15, 0.2) is 0 Å². The molecule has 2 aromatic carbocycles. The average molecular weight is 434 g/mol. The number of aromatic amines is 1. The highest BCUT2D eigenvalue weighted by molar-refractivity contribution is 9.10. The van der Waals surface area contributed by atoms with Crippen LogP contribution in [0.5, 0.6) is 0 Å². The number of carbonyl (C=O) groups is 1. The molecule has 3 rings (SSSR count). The van der Waals surface area contributed by atoms with Crippen LogP contribution in [-0.2, 0) is 11.3 Å². The highest BCUT2D eigenvalue weighted by atomic mass is 79.9. The molecule has 0 bridgehead atoms. The Hall–Kier alpha value is -2.58. The largest absolute Gasteiger partial charge is 0.383 e. The summed E-state index contributed by atoms with van der Waals surface area (Å²) in [6, 6.07) is 10.9. The fourth-order valence-electron chi connectivity index (χ4n) is 2.68. The summed E-state index contributed by atoms with van der Waals surface area (Å²) in [5, 5.41) is 0.476. The Bertz CT molecular complexity index is 1040. The maximum atomic E-state index is 13.6. The third-order valence-electron chi connectivity index (χ3n) is 4.01. The van der Waals surface area contributed by atoms with E-state index in [4.69, 9.17) is 4.74 Å². The molecule has 0 radical (unpaired) electrons. The molecule has 0 atom stereocenters. The maximum Gasteiger partial charge on any atom is 0.258 e. The molecular weight excluding hydrogens is 417 g/mol. The van der Waals surface area contributed by atoms with E-state index in [1.165, 1.54) is 30.2 Å².